The lowest BCUT2D eigenvalue weighted by atomic mass is 9.93. The van der Waals surface area contributed by atoms with Crippen LogP contribution < -0.4 is 0 Å². The molecule has 5 nitrogen and oxygen atoms in total. The highest BCUT2D eigenvalue weighted by atomic mass is 32.1. The predicted molar refractivity (Wildman–Crippen MR) is 262 cm³/mol. The number of thiophene rings is 1. The van der Waals surface area contributed by atoms with Crippen molar-refractivity contribution < 1.29 is 4.42 Å². The lowest BCUT2D eigenvalue weighted by molar-refractivity contribution is 0.669. The van der Waals surface area contributed by atoms with Gasteiger partial charge in [-0.3, -0.25) is 0 Å². The molecule has 0 atom stereocenters. The van der Waals surface area contributed by atoms with Crippen molar-refractivity contribution >= 4 is 75.3 Å². The van der Waals surface area contributed by atoms with Crippen molar-refractivity contribution in [3.63, 3.8) is 0 Å². The van der Waals surface area contributed by atoms with Crippen LogP contribution in [0.2, 0.25) is 0 Å². The van der Waals surface area contributed by atoms with Crippen LogP contribution in [0, 0.1) is 0 Å². The minimum atomic E-state index is 0.598. The molecule has 0 N–H and O–H groups in total. The zero-order valence-electron chi connectivity index (χ0n) is 33.7. The molecule has 63 heavy (non-hydrogen) atoms. The average molecular weight is 823 g/mol. The molecule has 0 radical (unpaired) electrons. The van der Waals surface area contributed by atoms with Gasteiger partial charge >= 0.3 is 0 Å². The minimum Gasteiger partial charge on any atom is -0.456 e. The van der Waals surface area contributed by atoms with Crippen LogP contribution in [0.3, 0.4) is 0 Å². The van der Waals surface area contributed by atoms with Crippen LogP contribution in [0.25, 0.3) is 126 Å². The van der Waals surface area contributed by atoms with Gasteiger partial charge < -0.3 is 8.98 Å². The number of para-hydroxylation sites is 2. The number of furan rings is 1. The number of hydrogen-bond acceptors (Lipinski definition) is 5. The molecule has 0 bridgehead atoms. The number of aromatic nitrogens is 4. The van der Waals surface area contributed by atoms with Crippen molar-refractivity contribution in [1.82, 2.24) is 19.5 Å². The first-order valence-electron chi connectivity index (χ1n) is 21.1. The Morgan fingerprint density at radius 3 is 1.76 bits per heavy atom. The van der Waals surface area contributed by atoms with Gasteiger partial charge in [0.15, 0.2) is 17.5 Å². The van der Waals surface area contributed by atoms with E-state index in [1.165, 1.54) is 42.0 Å². The molecule has 4 aromatic heterocycles. The maximum absolute atomic E-state index is 6.41. The fraction of sp³-hybridized carbons (Fsp3) is 0. The molecular weight excluding hydrogens is 789 g/mol. The van der Waals surface area contributed by atoms with Gasteiger partial charge in [-0.05, 0) is 82.9 Å². The van der Waals surface area contributed by atoms with Crippen molar-refractivity contribution in [3.05, 3.63) is 206 Å². The normalized spacial score (nSPS) is 11.8. The first kappa shape index (κ1) is 35.6. The van der Waals surface area contributed by atoms with E-state index in [9.17, 15) is 0 Å². The molecule has 0 amide bonds. The van der Waals surface area contributed by atoms with E-state index in [-0.39, 0.29) is 0 Å². The second-order valence-corrected chi connectivity index (χ2v) is 17.0. The smallest absolute Gasteiger partial charge is 0.164 e. The Balaban J connectivity index is 1.05. The van der Waals surface area contributed by atoms with Gasteiger partial charge in [0.25, 0.3) is 0 Å². The van der Waals surface area contributed by atoms with Crippen LogP contribution in [0.4, 0.5) is 0 Å². The van der Waals surface area contributed by atoms with Gasteiger partial charge in [-0.25, -0.2) is 15.0 Å². The van der Waals surface area contributed by atoms with E-state index in [0.29, 0.717) is 17.5 Å². The van der Waals surface area contributed by atoms with Crippen molar-refractivity contribution in [3.8, 4) is 62.1 Å². The molecule has 0 spiro atoms. The second kappa shape index (κ2) is 14.2. The van der Waals surface area contributed by atoms with Gasteiger partial charge in [0.05, 0.1) is 11.0 Å². The summed E-state index contributed by atoms with van der Waals surface area (Å²) in [5, 5.41) is 7.30. The fourth-order valence-corrected chi connectivity index (χ4v) is 10.6. The van der Waals surface area contributed by atoms with E-state index >= 15 is 0 Å². The molecule has 0 unspecified atom stereocenters. The predicted octanol–water partition coefficient (Wildman–Crippen LogP) is 15.6. The first-order valence-corrected chi connectivity index (χ1v) is 21.9. The Hall–Kier alpha value is -8.19. The van der Waals surface area contributed by atoms with E-state index in [1.807, 2.05) is 84.1 Å². The van der Waals surface area contributed by atoms with E-state index < -0.39 is 0 Å². The monoisotopic (exact) mass is 822 g/mol. The highest BCUT2D eigenvalue weighted by Crippen LogP contribution is 2.44. The molecule has 0 saturated heterocycles. The largest absolute Gasteiger partial charge is 0.456 e. The third-order valence-corrected chi connectivity index (χ3v) is 13.4. The topological polar surface area (TPSA) is 56.7 Å². The van der Waals surface area contributed by atoms with Crippen LogP contribution in [0.1, 0.15) is 0 Å². The molecule has 13 aromatic rings. The average Bonchev–Trinajstić information content (AvgIpc) is 4.04. The van der Waals surface area contributed by atoms with Crippen molar-refractivity contribution in [2.45, 2.75) is 0 Å². The summed E-state index contributed by atoms with van der Waals surface area (Å²) in [7, 11) is 0. The molecule has 0 saturated carbocycles. The van der Waals surface area contributed by atoms with Crippen molar-refractivity contribution in [1.29, 1.82) is 0 Å². The third-order valence-electron chi connectivity index (χ3n) is 12.2. The Bertz CT molecular complexity index is 3860. The number of nitrogens with zero attached hydrogens (tertiary/aromatic N) is 4. The highest BCUT2D eigenvalue weighted by molar-refractivity contribution is 7.26. The van der Waals surface area contributed by atoms with Crippen LogP contribution in [0.15, 0.2) is 211 Å². The lowest BCUT2D eigenvalue weighted by Gasteiger charge is -2.14. The van der Waals surface area contributed by atoms with E-state index in [0.717, 1.165) is 66.6 Å². The SMILES string of the molecule is c1ccc(-c2nc(-c3ccccc3)nc(-c3cc(-c4cccc(-n5c6ccccc6c6c7sc8ccccc8c7ccc65)c4)cc(-c4cccc5oc6ccccc6c45)c3)n2)cc1. The maximum Gasteiger partial charge on any atom is 0.164 e. The Morgan fingerprint density at radius 1 is 0.365 bits per heavy atom. The number of hydrogen-bond donors (Lipinski definition) is 0. The molecule has 0 aliphatic rings. The van der Waals surface area contributed by atoms with Gasteiger partial charge in [-0.2, -0.15) is 0 Å². The summed E-state index contributed by atoms with van der Waals surface area (Å²) in [6.07, 6.45) is 0. The minimum absolute atomic E-state index is 0.598. The van der Waals surface area contributed by atoms with Crippen molar-refractivity contribution in [2.24, 2.45) is 0 Å². The van der Waals surface area contributed by atoms with E-state index in [2.05, 4.69) is 138 Å². The summed E-state index contributed by atoms with van der Waals surface area (Å²) in [5.74, 6) is 1.84. The Kier molecular flexibility index (Phi) is 8.01. The van der Waals surface area contributed by atoms with E-state index in [1.54, 1.807) is 0 Å². The van der Waals surface area contributed by atoms with Crippen LogP contribution in [-0.2, 0) is 0 Å². The lowest BCUT2D eigenvalue weighted by Crippen LogP contribution is -2.00. The summed E-state index contributed by atoms with van der Waals surface area (Å²) >= 11 is 1.88. The van der Waals surface area contributed by atoms with Crippen LogP contribution in [0.5, 0.6) is 0 Å². The zero-order valence-corrected chi connectivity index (χ0v) is 34.6. The zero-order chi connectivity index (χ0) is 41.4. The summed E-state index contributed by atoms with van der Waals surface area (Å²) in [6, 6.07) is 72.7. The van der Waals surface area contributed by atoms with Gasteiger partial charge in [-0.1, -0.05) is 146 Å². The molecule has 4 heterocycles. The molecule has 6 heteroatoms. The summed E-state index contributed by atoms with van der Waals surface area (Å²) in [4.78, 5) is 15.4. The van der Waals surface area contributed by atoms with Crippen LogP contribution in [-0.4, -0.2) is 19.5 Å². The maximum atomic E-state index is 6.41. The standard InChI is InChI=1S/C57H34N4OS/c1-3-15-35(16-4-1)55-58-56(36-17-5-2-6-18-36)60-57(59-55)40-32-38(31-39(33-40)42-24-14-27-50-52(42)46-23-8-11-26-49(46)62-50)37-19-13-20-41(34-37)61-47-25-10-7-22-45(47)53-48(61)30-29-44-43-21-9-12-28-51(43)63-54(44)53/h1-34H. The molecule has 13 rings (SSSR count). The summed E-state index contributed by atoms with van der Waals surface area (Å²) < 4.78 is 11.5. The molecule has 0 aliphatic carbocycles. The number of benzene rings is 9. The Labute approximate surface area is 365 Å². The molecular formula is C57H34N4OS. The fourth-order valence-electron chi connectivity index (χ4n) is 9.37. The summed E-state index contributed by atoms with van der Waals surface area (Å²) in [6.45, 7) is 0. The Morgan fingerprint density at radius 2 is 0.968 bits per heavy atom. The highest BCUT2D eigenvalue weighted by Gasteiger charge is 2.20. The first-order chi connectivity index (χ1) is 31.2. The molecule has 9 aromatic carbocycles. The number of fused-ring (bicyclic) bond motifs is 10. The van der Waals surface area contributed by atoms with Gasteiger partial charge in [-0.15, -0.1) is 11.3 Å². The number of rotatable bonds is 6. The van der Waals surface area contributed by atoms with E-state index in [4.69, 9.17) is 19.4 Å². The molecule has 0 fully saturated rings. The van der Waals surface area contributed by atoms with Gasteiger partial charge in [0.2, 0.25) is 0 Å². The van der Waals surface area contributed by atoms with Gasteiger partial charge in [0, 0.05) is 64.1 Å². The second-order valence-electron chi connectivity index (χ2n) is 16.0. The quantitative estimate of drug-likeness (QED) is 0.168. The summed E-state index contributed by atoms with van der Waals surface area (Å²) in [5.41, 5.74) is 12.1. The third kappa shape index (κ3) is 5.80. The molecule has 0 aliphatic heterocycles. The van der Waals surface area contributed by atoms with Crippen molar-refractivity contribution in [2.75, 3.05) is 0 Å². The van der Waals surface area contributed by atoms with Gasteiger partial charge in [0.1, 0.15) is 11.2 Å². The molecule has 294 valence electrons. The van der Waals surface area contributed by atoms with Crippen LogP contribution >= 0.6 is 11.3 Å².